The Labute approximate surface area is 112 Å². The molecule has 92 valence electrons. The van der Waals surface area contributed by atoms with Gasteiger partial charge in [0.05, 0.1) is 0 Å². The molecule has 0 aromatic heterocycles. The second-order valence-electron chi connectivity index (χ2n) is 6.60. The summed E-state index contributed by atoms with van der Waals surface area (Å²) in [5, 5.41) is 0. The molecule has 1 aromatic carbocycles. The fourth-order valence-electron chi connectivity index (χ4n) is 2.07. The molecule has 0 atom stereocenters. The van der Waals surface area contributed by atoms with Crippen LogP contribution in [0.3, 0.4) is 0 Å². The normalized spacial score (nSPS) is 16.4. The van der Waals surface area contributed by atoms with Crippen molar-refractivity contribution in [3.05, 3.63) is 24.3 Å². The Bertz CT molecular complexity index is 376. The van der Waals surface area contributed by atoms with Crippen molar-refractivity contribution in [2.45, 2.75) is 52.6 Å². The fraction of sp³-hybridized carbons (Fsp3) is 0.571. The molecule has 0 spiro atoms. The monoisotopic (exact) mass is 292 g/mol. The van der Waals surface area contributed by atoms with Gasteiger partial charge in [0, 0.05) is 0 Å². The summed E-state index contributed by atoms with van der Waals surface area (Å²) in [6.07, 6.45) is 0. The van der Waals surface area contributed by atoms with Crippen LogP contribution in [0, 0.1) is 0 Å². The summed E-state index contributed by atoms with van der Waals surface area (Å²) in [7, 11) is 0. The van der Waals surface area contributed by atoms with Gasteiger partial charge in [0.15, 0.2) is 0 Å². The number of anilines is 2. The zero-order chi connectivity index (χ0) is 12.8. The molecule has 0 unspecified atom stereocenters. The summed E-state index contributed by atoms with van der Waals surface area (Å²) < 4.78 is 5.21. The van der Waals surface area contributed by atoms with Gasteiger partial charge in [0.1, 0.15) is 0 Å². The maximum atomic E-state index is 2.60. The Kier molecular flexibility index (Phi) is 2.97. The average molecular weight is 291 g/mol. The number of para-hydroxylation sites is 2. The van der Waals surface area contributed by atoms with E-state index < -0.39 is 0 Å². The van der Waals surface area contributed by atoms with Gasteiger partial charge in [-0.3, -0.25) is 0 Å². The molecule has 1 aromatic rings. The predicted octanol–water partition coefficient (Wildman–Crippen LogP) is 3.44. The Morgan fingerprint density at radius 2 is 1.12 bits per heavy atom. The topological polar surface area (TPSA) is 6.48 Å². The molecule has 0 bridgehead atoms. The van der Waals surface area contributed by atoms with Crippen LogP contribution < -0.4 is 7.71 Å². The van der Waals surface area contributed by atoms with Gasteiger partial charge in [-0.25, -0.2) is 0 Å². The summed E-state index contributed by atoms with van der Waals surface area (Å²) >= 11 is -0.284. The van der Waals surface area contributed by atoms with Gasteiger partial charge in [-0.15, -0.1) is 0 Å². The molecule has 0 fully saturated rings. The van der Waals surface area contributed by atoms with E-state index in [0.717, 1.165) is 0 Å². The molecular formula is C14H22GeN2. The number of hydrogen-bond acceptors (Lipinski definition) is 2. The van der Waals surface area contributed by atoms with E-state index in [4.69, 9.17) is 0 Å². The average Bonchev–Trinajstić information content (AvgIpc) is 2.55. The van der Waals surface area contributed by atoms with Gasteiger partial charge in [0.25, 0.3) is 0 Å². The first kappa shape index (κ1) is 12.8. The fourth-order valence-corrected chi connectivity index (χ4v) is 5.00. The Balaban J connectivity index is 2.47. The van der Waals surface area contributed by atoms with E-state index in [2.05, 4.69) is 73.5 Å². The Morgan fingerprint density at radius 1 is 0.765 bits per heavy atom. The maximum absolute atomic E-state index is 2.60. The molecule has 0 saturated carbocycles. The second-order valence-corrected chi connectivity index (χ2v) is 8.90. The van der Waals surface area contributed by atoms with Gasteiger partial charge in [0.2, 0.25) is 0 Å². The third-order valence-corrected chi connectivity index (χ3v) is 7.57. The molecule has 0 amide bonds. The van der Waals surface area contributed by atoms with Gasteiger partial charge in [-0.05, 0) is 0 Å². The SMILES string of the molecule is CC(C)(C)[N]1[Ge][N](C(C)(C)C)c2ccccc21. The van der Waals surface area contributed by atoms with Crippen LogP contribution in [-0.2, 0) is 0 Å². The van der Waals surface area contributed by atoms with Crippen molar-refractivity contribution in [1.82, 2.24) is 0 Å². The Morgan fingerprint density at radius 3 is 1.41 bits per heavy atom. The molecule has 1 aliphatic heterocycles. The molecule has 17 heavy (non-hydrogen) atoms. The molecular weight excluding hydrogens is 269 g/mol. The van der Waals surface area contributed by atoms with E-state index in [-0.39, 0.29) is 27.0 Å². The van der Waals surface area contributed by atoms with Crippen molar-refractivity contribution < 1.29 is 0 Å². The van der Waals surface area contributed by atoms with E-state index in [1.54, 1.807) is 0 Å². The van der Waals surface area contributed by atoms with Crippen molar-refractivity contribution in [2.24, 2.45) is 0 Å². The van der Waals surface area contributed by atoms with Crippen LogP contribution in [0.4, 0.5) is 11.4 Å². The summed E-state index contributed by atoms with van der Waals surface area (Å²) in [6, 6.07) is 8.82. The van der Waals surface area contributed by atoms with Crippen LogP contribution >= 0.6 is 0 Å². The summed E-state index contributed by atoms with van der Waals surface area (Å²) in [6.45, 7) is 13.8. The second kappa shape index (κ2) is 3.94. The van der Waals surface area contributed by atoms with E-state index in [0.29, 0.717) is 0 Å². The van der Waals surface area contributed by atoms with Gasteiger partial charge in [-0.1, -0.05) is 0 Å². The first-order valence-electron chi connectivity index (χ1n) is 6.17. The Hall–Kier alpha value is -0.637. The van der Waals surface area contributed by atoms with E-state index in [1.807, 2.05) is 0 Å². The number of nitrogens with zero attached hydrogens (tertiary/aromatic N) is 2. The molecule has 0 saturated heterocycles. The van der Waals surface area contributed by atoms with E-state index >= 15 is 0 Å². The van der Waals surface area contributed by atoms with Crippen molar-refractivity contribution >= 4 is 27.3 Å². The predicted molar refractivity (Wildman–Crippen MR) is 76.7 cm³/mol. The first-order chi connectivity index (χ1) is 7.71. The first-order valence-corrected chi connectivity index (χ1v) is 8.05. The van der Waals surface area contributed by atoms with Gasteiger partial charge < -0.3 is 0 Å². The van der Waals surface area contributed by atoms with Gasteiger partial charge in [-0.2, -0.15) is 0 Å². The van der Waals surface area contributed by atoms with Crippen LogP contribution in [0.2, 0.25) is 0 Å². The molecule has 3 heteroatoms. The van der Waals surface area contributed by atoms with Crippen molar-refractivity contribution in [1.29, 1.82) is 0 Å². The number of fused-ring (bicyclic) bond motifs is 1. The molecule has 0 aliphatic carbocycles. The van der Waals surface area contributed by atoms with Crippen molar-refractivity contribution in [2.75, 3.05) is 7.71 Å². The molecule has 2 rings (SSSR count). The third kappa shape index (κ3) is 2.32. The number of benzene rings is 1. The summed E-state index contributed by atoms with van der Waals surface area (Å²) in [5.41, 5.74) is 3.26. The summed E-state index contributed by atoms with van der Waals surface area (Å²) in [5.74, 6) is 0. The van der Waals surface area contributed by atoms with Crippen LogP contribution in [0.5, 0.6) is 0 Å². The number of rotatable bonds is 0. The van der Waals surface area contributed by atoms with Gasteiger partial charge >= 0.3 is 112 Å². The molecule has 2 nitrogen and oxygen atoms in total. The van der Waals surface area contributed by atoms with E-state index in [1.165, 1.54) is 11.4 Å². The molecule has 1 heterocycles. The van der Waals surface area contributed by atoms with Crippen molar-refractivity contribution in [3.63, 3.8) is 0 Å². The quantitative estimate of drug-likeness (QED) is 0.676. The molecule has 0 N–H and O–H groups in total. The minimum atomic E-state index is -0.284. The molecule has 1 aliphatic rings. The van der Waals surface area contributed by atoms with Crippen LogP contribution in [0.15, 0.2) is 24.3 Å². The number of hydrogen-bond donors (Lipinski definition) is 0. The van der Waals surface area contributed by atoms with Crippen LogP contribution in [0.25, 0.3) is 0 Å². The standard InChI is InChI=1S/C14H22GeN2/c1-13(2,3)16-11-9-7-8-10-12(11)17(15-16)14(4,5)6/h7-10H,1-6H3. The summed E-state index contributed by atoms with van der Waals surface area (Å²) in [4.78, 5) is 0. The van der Waals surface area contributed by atoms with E-state index in [9.17, 15) is 0 Å². The molecule has 2 radical (unpaired) electrons. The minimum absolute atomic E-state index is 0.218. The van der Waals surface area contributed by atoms with Crippen LogP contribution in [-0.4, -0.2) is 27.0 Å². The zero-order valence-corrected chi connectivity index (χ0v) is 13.8. The van der Waals surface area contributed by atoms with Crippen LogP contribution in [0.1, 0.15) is 41.5 Å². The van der Waals surface area contributed by atoms with Crippen molar-refractivity contribution in [3.8, 4) is 0 Å². The zero-order valence-electron chi connectivity index (χ0n) is 11.7. The third-order valence-electron chi connectivity index (χ3n) is 2.91.